The number of hydrogen-bond donors (Lipinski definition) is 1. The van der Waals surface area contributed by atoms with Crippen molar-refractivity contribution in [3.8, 4) is 6.07 Å². The molecule has 4 rings (SSSR count). The van der Waals surface area contributed by atoms with Gasteiger partial charge in [-0.3, -0.25) is 4.79 Å². The van der Waals surface area contributed by atoms with Gasteiger partial charge in [0.1, 0.15) is 17.7 Å². The lowest BCUT2D eigenvalue weighted by atomic mass is 9.96. The molecule has 0 saturated carbocycles. The van der Waals surface area contributed by atoms with Crippen LogP contribution in [0.2, 0.25) is 0 Å². The summed E-state index contributed by atoms with van der Waals surface area (Å²) in [6.45, 7) is 2.51. The van der Waals surface area contributed by atoms with Gasteiger partial charge in [-0.2, -0.15) is 5.26 Å². The SMILES string of the molecule is N#Cc1cccc(C(=O)N2CC[NH+](C(c3ccc(F)cc3)c3ccc(F)cc3)CC2)c1. The quantitative estimate of drug-likeness (QED) is 0.708. The first kappa shape index (κ1) is 20.7. The molecule has 1 heterocycles. The molecule has 1 saturated heterocycles. The van der Waals surface area contributed by atoms with Crippen LogP contribution in [0.1, 0.15) is 33.1 Å². The third-order valence-corrected chi connectivity index (χ3v) is 5.75. The van der Waals surface area contributed by atoms with Crippen molar-refractivity contribution in [3.05, 3.63) is 107 Å². The molecule has 4 nitrogen and oxygen atoms in total. The molecule has 156 valence electrons. The van der Waals surface area contributed by atoms with E-state index in [4.69, 9.17) is 5.26 Å². The maximum Gasteiger partial charge on any atom is 0.254 e. The van der Waals surface area contributed by atoms with E-state index in [0.29, 0.717) is 37.3 Å². The summed E-state index contributed by atoms with van der Waals surface area (Å²) < 4.78 is 27.0. The highest BCUT2D eigenvalue weighted by atomic mass is 19.1. The zero-order chi connectivity index (χ0) is 21.8. The predicted molar refractivity (Wildman–Crippen MR) is 112 cm³/mol. The van der Waals surface area contributed by atoms with Gasteiger partial charge < -0.3 is 9.80 Å². The summed E-state index contributed by atoms with van der Waals surface area (Å²) in [4.78, 5) is 15.9. The minimum Gasteiger partial charge on any atom is -0.327 e. The lowest BCUT2D eigenvalue weighted by molar-refractivity contribution is -0.929. The molecule has 1 N–H and O–H groups in total. The van der Waals surface area contributed by atoms with Crippen LogP contribution in [0.5, 0.6) is 0 Å². The molecular formula is C25H22F2N3O+. The number of amides is 1. The number of benzene rings is 3. The summed E-state index contributed by atoms with van der Waals surface area (Å²) in [7, 11) is 0. The second-order valence-corrected chi connectivity index (χ2v) is 7.68. The Bertz CT molecular complexity index is 1050. The summed E-state index contributed by atoms with van der Waals surface area (Å²) in [6.07, 6.45) is 0. The van der Waals surface area contributed by atoms with E-state index in [1.807, 2.05) is 0 Å². The van der Waals surface area contributed by atoms with Gasteiger partial charge in [-0.05, 0) is 66.7 Å². The zero-order valence-corrected chi connectivity index (χ0v) is 16.9. The lowest BCUT2D eigenvalue weighted by Crippen LogP contribution is -3.15. The molecule has 0 aliphatic carbocycles. The molecule has 0 radical (unpaired) electrons. The molecule has 1 amide bonds. The number of nitrogens with zero attached hydrogens (tertiary/aromatic N) is 2. The van der Waals surface area contributed by atoms with Crippen molar-refractivity contribution in [2.24, 2.45) is 0 Å². The Hall–Kier alpha value is -3.56. The van der Waals surface area contributed by atoms with Gasteiger partial charge in [0.05, 0.1) is 37.8 Å². The van der Waals surface area contributed by atoms with E-state index < -0.39 is 0 Å². The monoisotopic (exact) mass is 418 g/mol. The first-order chi connectivity index (χ1) is 15.0. The predicted octanol–water partition coefficient (Wildman–Crippen LogP) is 2.97. The first-order valence-electron chi connectivity index (χ1n) is 10.2. The highest BCUT2D eigenvalue weighted by molar-refractivity contribution is 5.94. The molecule has 0 aromatic heterocycles. The van der Waals surface area contributed by atoms with Gasteiger partial charge >= 0.3 is 0 Å². The Kier molecular flexibility index (Phi) is 6.06. The van der Waals surface area contributed by atoms with Crippen LogP contribution in [-0.4, -0.2) is 37.0 Å². The van der Waals surface area contributed by atoms with Crippen LogP contribution in [0.4, 0.5) is 8.78 Å². The molecule has 1 aliphatic heterocycles. The van der Waals surface area contributed by atoms with E-state index in [1.54, 1.807) is 53.4 Å². The van der Waals surface area contributed by atoms with Crippen molar-refractivity contribution in [1.82, 2.24) is 4.90 Å². The normalized spacial score (nSPS) is 14.5. The highest BCUT2D eigenvalue weighted by Crippen LogP contribution is 2.21. The fraction of sp³-hybridized carbons (Fsp3) is 0.200. The van der Waals surface area contributed by atoms with E-state index in [9.17, 15) is 13.6 Å². The summed E-state index contributed by atoms with van der Waals surface area (Å²) in [6, 6.07) is 21.5. The van der Waals surface area contributed by atoms with Crippen LogP contribution >= 0.6 is 0 Å². The van der Waals surface area contributed by atoms with Crippen LogP contribution in [0.25, 0.3) is 0 Å². The average molecular weight is 418 g/mol. The van der Waals surface area contributed by atoms with Crippen molar-refractivity contribution in [3.63, 3.8) is 0 Å². The van der Waals surface area contributed by atoms with E-state index in [2.05, 4.69) is 6.07 Å². The molecule has 3 aromatic rings. The number of hydrogen-bond acceptors (Lipinski definition) is 2. The van der Waals surface area contributed by atoms with Gasteiger partial charge in [0, 0.05) is 16.7 Å². The number of piperazine rings is 1. The Morgan fingerprint density at radius 1 is 0.903 bits per heavy atom. The van der Waals surface area contributed by atoms with Crippen molar-refractivity contribution >= 4 is 5.91 Å². The van der Waals surface area contributed by atoms with Crippen LogP contribution in [0, 0.1) is 23.0 Å². The Morgan fingerprint density at radius 3 is 1.97 bits per heavy atom. The van der Waals surface area contributed by atoms with Gasteiger partial charge in [-0.25, -0.2) is 8.78 Å². The molecule has 0 spiro atoms. The molecule has 1 fully saturated rings. The number of rotatable bonds is 4. The standard InChI is InChI=1S/C25H21F2N3O/c26-22-8-4-19(5-9-22)24(20-6-10-23(27)11-7-20)29-12-14-30(15-13-29)25(31)21-3-1-2-18(16-21)17-28/h1-11,16,24H,12-15H2/p+1. The van der Waals surface area contributed by atoms with Crippen LogP contribution in [0.3, 0.4) is 0 Å². The van der Waals surface area contributed by atoms with Gasteiger partial charge in [0.2, 0.25) is 0 Å². The molecule has 0 bridgehead atoms. The van der Waals surface area contributed by atoms with Crippen molar-refractivity contribution in [2.75, 3.05) is 26.2 Å². The summed E-state index contributed by atoms with van der Waals surface area (Å²) in [5, 5.41) is 9.08. The van der Waals surface area contributed by atoms with Crippen molar-refractivity contribution in [2.45, 2.75) is 6.04 Å². The number of carbonyl (C=O) groups excluding carboxylic acids is 1. The van der Waals surface area contributed by atoms with Crippen molar-refractivity contribution in [1.29, 1.82) is 5.26 Å². The third kappa shape index (κ3) is 4.62. The fourth-order valence-corrected chi connectivity index (χ4v) is 4.16. The smallest absolute Gasteiger partial charge is 0.254 e. The van der Waals surface area contributed by atoms with Crippen LogP contribution in [0.15, 0.2) is 72.8 Å². The maximum atomic E-state index is 13.5. The van der Waals surface area contributed by atoms with Gasteiger partial charge in [0.25, 0.3) is 5.91 Å². The molecule has 0 unspecified atom stereocenters. The molecule has 3 aromatic carbocycles. The molecule has 6 heteroatoms. The number of nitrogens with one attached hydrogen (secondary N) is 1. The molecular weight excluding hydrogens is 396 g/mol. The van der Waals surface area contributed by atoms with E-state index >= 15 is 0 Å². The summed E-state index contributed by atoms with van der Waals surface area (Å²) >= 11 is 0. The van der Waals surface area contributed by atoms with Gasteiger partial charge in [-0.15, -0.1) is 0 Å². The first-order valence-corrected chi connectivity index (χ1v) is 10.2. The second-order valence-electron chi connectivity index (χ2n) is 7.68. The molecule has 1 aliphatic rings. The molecule has 31 heavy (non-hydrogen) atoms. The van der Waals surface area contributed by atoms with E-state index in [0.717, 1.165) is 11.1 Å². The third-order valence-electron chi connectivity index (χ3n) is 5.75. The summed E-state index contributed by atoms with van der Waals surface area (Å²) in [5.41, 5.74) is 2.87. The maximum absolute atomic E-state index is 13.5. The largest absolute Gasteiger partial charge is 0.327 e. The van der Waals surface area contributed by atoms with Gasteiger partial charge in [0.15, 0.2) is 0 Å². The number of carbonyl (C=O) groups is 1. The van der Waals surface area contributed by atoms with Crippen LogP contribution in [-0.2, 0) is 0 Å². The Balaban J connectivity index is 1.53. The minimum absolute atomic E-state index is 0.0830. The second kappa shape index (κ2) is 9.07. The lowest BCUT2D eigenvalue weighted by Gasteiger charge is -2.37. The average Bonchev–Trinajstić information content (AvgIpc) is 2.82. The number of nitriles is 1. The van der Waals surface area contributed by atoms with Crippen molar-refractivity contribution < 1.29 is 18.5 Å². The van der Waals surface area contributed by atoms with Crippen LogP contribution < -0.4 is 4.90 Å². The zero-order valence-electron chi connectivity index (χ0n) is 16.9. The summed E-state index contributed by atoms with van der Waals surface area (Å²) in [5.74, 6) is -0.686. The van der Waals surface area contributed by atoms with E-state index in [1.165, 1.54) is 29.2 Å². The minimum atomic E-state index is -0.299. The topological polar surface area (TPSA) is 48.5 Å². The number of quaternary nitrogens is 1. The fourth-order valence-electron chi connectivity index (χ4n) is 4.16. The Morgan fingerprint density at radius 2 is 1.45 bits per heavy atom. The molecule has 0 atom stereocenters. The Labute approximate surface area is 179 Å². The number of halogens is 2. The highest BCUT2D eigenvalue weighted by Gasteiger charge is 2.32. The van der Waals surface area contributed by atoms with E-state index in [-0.39, 0.29) is 23.6 Å². The van der Waals surface area contributed by atoms with Gasteiger partial charge in [-0.1, -0.05) is 6.07 Å².